The van der Waals surface area contributed by atoms with Gasteiger partial charge >= 0.3 is 0 Å². The molecule has 1 aliphatic rings. The molecule has 0 saturated carbocycles. The van der Waals surface area contributed by atoms with E-state index in [1.807, 2.05) is 36.9 Å². The van der Waals surface area contributed by atoms with Crippen LogP contribution in [0.3, 0.4) is 0 Å². The van der Waals surface area contributed by atoms with E-state index in [0.29, 0.717) is 19.6 Å². The zero-order valence-electron chi connectivity index (χ0n) is 13.0. The second-order valence-electron chi connectivity index (χ2n) is 5.49. The van der Waals surface area contributed by atoms with Crippen molar-refractivity contribution in [3.05, 3.63) is 34.9 Å². The first-order valence-electron chi connectivity index (χ1n) is 7.31. The number of nitrogens with zero attached hydrogens (tertiary/aromatic N) is 2. The summed E-state index contributed by atoms with van der Waals surface area (Å²) >= 11 is 0. The maximum Gasteiger partial charge on any atom is 0.254 e. The maximum atomic E-state index is 12.6. The Bertz CT molecular complexity index is 534. The number of amides is 2. The molecule has 5 heteroatoms. The average molecular weight is 289 g/mol. The van der Waals surface area contributed by atoms with Crippen molar-refractivity contribution in [2.75, 3.05) is 39.8 Å². The molecule has 1 aromatic rings. The summed E-state index contributed by atoms with van der Waals surface area (Å²) in [5.74, 6) is 0.111. The molecule has 21 heavy (non-hydrogen) atoms. The lowest BCUT2D eigenvalue weighted by molar-refractivity contribution is -0.122. The van der Waals surface area contributed by atoms with Crippen LogP contribution in [0.5, 0.6) is 0 Å². The van der Waals surface area contributed by atoms with E-state index in [4.69, 9.17) is 0 Å². The highest BCUT2D eigenvalue weighted by molar-refractivity contribution is 5.96. The highest BCUT2D eigenvalue weighted by Gasteiger charge is 2.24. The Morgan fingerprint density at radius 3 is 2.43 bits per heavy atom. The lowest BCUT2D eigenvalue weighted by Gasteiger charge is -2.34. The number of aryl methyl sites for hydroxylation is 1. The molecule has 1 saturated heterocycles. The average Bonchev–Trinajstić information content (AvgIpc) is 2.50. The van der Waals surface area contributed by atoms with Crippen molar-refractivity contribution in [3.8, 4) is 0 Å². The Morgan fingerprint density at radius 1 is 1.14 bits per heavy atom. The largest absolute Gasteiger partial charge is 0.358 e. The van der Waals surface area contributed by atoms with E-state index < -0.39 is 0 Å². The second kappa shape index (κ2) is 6.72. The standard InChI is InChI=1S/C16H23N3O2/c1-12-5-4-6-14(13(12)2)16(21)19-9-7-18(8-10-19)11-15(20)17-3/h4-6H,7-11H2,1-3H3,(H,17,20). The lowest BCUT2D eigenvalue weighted by atomic mass is 10.0. The van der Waals surface area contributed by atoms with Gasteiger partial charge in [-0.2, -0.15) is 0 Å². The smallest absolute Gasteiger partial charge is 0.254 e. The summed E-state index contributed by atoms with van der Waals surface area (Å²) in [6.07, 6.45) is 0. The molecule has 1 N–H and O–H groups in total. The number of piperazine rings is 1. The van der Waals surface area contributed by atoms with Gasteiger partial charge in [-0.05, 0) is 31.0 Å². The second-order valence-corrected chi connectivity index (χ2v) is 5.49. The molecule has 2 amide bonds. The van der Waals surface area contributed by atoms with E-state index in [-0.39, 0.29) is 11.8 Å². The van der Waals surface area contributed by atoms with Gasteiger partial charge in [-0.3, -0.25) is 14.5 Å². The minimum absolute atomic E-state index is 0.0179. The first kappa shape index (κ1) is 15.5. The Kier molecular flexibility index (Phi) is 4.96. The molecule has 1 fully saturated rings. The molecular weight excluding hydrogens is 266 g/mol. The van der Waals surface area contributed by atoms with Gasteiger partial charge in [-0.25, -0.2) is 0 Å². The number of hydrogen-bond donors (Lipinski definition) is 1. The topological polar surface area (TPSA) is 52.7 Å². The number of nitrogens with one attached hydrogen (secondary N) is 1. The molecule has 5 nitrogen and oxygen atoms in total. The summed E-state index contributed by atoms with van der Waals surface area (Å²) in [6, 6.07) is 5.84. The van der Waals surface area contributed by atoms with Gasteiger partial charge < -0.3 is 10.2 Å². The van der Waals surface area contributed by atoms with Crippen LogP contribution in [0.25, 0.3) is 0 Å². The summed E-state index contributed by atoms with van der Waals surface area (Å²) in [6.45, 7) is 7.24. The van der Waals surface area contributed by atoms with Crippen molar-refractivity contribution in [2.45, 2.75) is 13.8 Å². The summed E-state index contributed by atoms with van der Waals surface area (Å²) in [5, 5.41) is 2.62. The third kappa shape index (κ3) is 3.61. The van der Waals surface area contributed by atoms with Gasteiger partial charge in [0.2, 0.25) is 5.91 Å². The fraction of sp³-hybridized carbons (Fsp3) is 0.500. The van der Waals surface area contributed by atoms with Gasteiger partial charge in [0.25, 0.3) is 5.91 Å². The van der Waals surface area contributed by atoms with Crippen LogP contribution in [0.2, 0.25) is 0 Å². The molecule has 0 bridgehead atoms. The minimum atomic E-state index is 0.0179. The maximum absolute atomic E-state index is 12.6. The quantitative estimate of drug-likeness (QED) is 0.896. The highest BCUT2D eigenvalue weighted by Crippen LogP contribution is 2.16. The number of hydrogen-bond acceptors (Lipinski definition) is 3. The van der Waals surface area contributed by atoms with Crippen LogP contribution in [0, 0.1) is 13.8 Å². The van der Waals surface area contributed by atoms with Crippen molar-refractivity contribution >= 4 is 11.8 Å². The molecular formula is C16H23N3O2. The first-order chi connectivity index (χ1) is 10.0. The molecule has 0 unspecified atom stereocenters. The van der Waals surface area contributed by atoms with Gasteiger partial charge in [-0.15, -0.1) is 0 Å². The molecule has 0 aliphatic carbocycles. The highest BCUT2D eigenvalue weighted by atomic mass is 16.2. The molecule has 1 aromatic carbocycles. The summed E-state index contributed by atoms with van der Waals surface area (Å²) in [7, 11) is 1.64. The third-order valence-electron chi connectivity index (χ3n) is 4.14. The third-order valence-corrected chi connectivity index (χ3v) is 4.14. The Hall–Kier alpha value is -1.88. The lowest BCUT2D eigenvalue weighted by Crippen LogP contribution is -2.51. The zero-order valence-corrected chi connectivity index (χ0v) is 13.0. The number of carbonyl (C=O) groups excluding carboxylic acids is 2. The number of carbonyl (C=O) groups is 2. The van der Waals surface area contributed by atoms with E-state index in [1.54, 1.807) is 7.05 Å². The normalized spacial score (nSPS) is 15.9. The Morgan fingerprint density at radius 2 is 1.81 bits per heavy atom. The molecule has 0 aromatic heterocycles. The van der Waals surface area contributed by atoms with Crippen molar-refractivity contribution in [1.82, 2.24) is 15.1 Å². The predicted molar refractivity (Wildman–Crippen MR) is 82.3 cm³/mol. The van der Waals surface area contributed by atoms with Crippen LogP contribution in [0.4, 0.5) is 0 Å². The van der Waals surface area contributed by atoms with E-state index in [0.717, 1.165) is 29.8 Å². The predicted octanol–water partition coefficient (Wildman–Crippen LogP) is 0.807. The van der Waals surface area contributed by atoms with E-state index in [1.165, 1.54) is 0 Å². The van der Waals surface area contributed by atoms with Gasteiger partial charge in [0.15, 0.2) is 0 Å². The minimum Gasteiger partial charge on any atom is -0.358 e. The molecule has 0 radical (unpaired) electrons. The number of benzene rings is 1. The van der Waals surface area contributed by atoms with Crippen LogP contribution in [-0.2, 0) is 4.79 Å². The van der Waals surface area contributed by atoms with Crippen molar-refractivity contribution in [2.24, 2.45) is 0 Å². The molecule has 2 rings (SSSR count). The van der Waals surface area contributed by atoms with Crippen LogP contribution in [0.15, 0.2) is 18.2 Å². The van der Waals surface area contributed by atoms with Gasteiger partial charge in [0, 0.05) is 38.8 Å². The van der Waals surface area contributed by atoms with Crippen LogP contribution < -0.4 is 5.32 Å². The monoisotopic (exact) mass is 289 g/mol. The van der Waals surface area contributed by atoms with Crippen molar-refractivity contribution in [3.63, 3.8) is 0 Å². The fourth-order valence-corrected chi connectivity index (χ4v) is 2.54. The first-order valence-corrected chi connectivity index (χ1v) is 7.31. The van der Waals surface area contributed by atoms with Crippen molar-refractivity contribution < 1.29 is 9.59 Å². The Balaban J connectivity index is 1.97. The van der Waals surface area contributed by atoms with Crippen LogP contribution in [0.1, 0.15) is 21.5 Å². The molecule has 0 atom stereocenters. The molecule has 0 spiro atoms. The summed E-state index contributed by atoms with van der Waals surface area (Å²) in [5.41, 5.74) is 2.98. The van der Waals surface area contributed by atoms with Crippen molar-refractivity contribution in [1.29, 1.82) is 0 Å². The van der Waals surface area contributed by atoms with E-state index in [2.05, 4.69) is 10.2 Å². The molecule has 114 valence electrons. The number of rotatable bonds is 3. The van der Waals surface area contributed by atoms with Gasteiger partial charge in [-0.1, -0.05) is 12.1 Å². The molecule has 1 heterocycles. The van der Waals surface area contributed by atoms with Gasteiger partial charge in [0.1, 0.15) is 0 Å². The van der Waals surface area contributed by atoms with E-state index >= 15 is 0 Å². The van der Waals surface area contributed by atoms with Crippen LogP contribution >= 0.6 is 0 Å². The van der Waals surface area contributed by atoms with E-state index in [9.17, 15) is 9.59 Å². The fourth-order valence-electron chi connectivity index (χ4n) is 2.54. The summed E-state index contributed by atoms with van der Waals surface area (Å²) < 4.78 is 0. The van der Waals surface area contributed by atoms with Gasteiger partial charge in [0.05, 0.1) is 6.54 Å². The molecule has 1 aliphatic heterocycles. The number of likely N-dealkylation sites (N-methyl/N-ethyl adjacent to an activating group) is 1. The zero-order chi connectivity index (χ0) is 15.4. The SMILES string of the molecule is CNC(=O)CN1CCN(C(=O)c2cccc(C)c2C)CC1. The Labute approximate surface area is 125 Å². The summed E-state index contributed by atoms with van der Waals surface area (Å²) in [4.78, 5) is 27.9. The van der Waals surface area contributed by atoms with Crippen LogP contribution in [-0.4, -0.2) is 61.4 Å².